The number of hydrogen-bond acceptors (Lipinski definition) is 7. The average molecular weight is 396 g/mol. The van der Waals surface area contributed by atoms with Gasteiger partial charge in [-0.3, -0.25) is 4.79 Å². The number of sulfonamides is 1. The molecule has 2 aliphatic heterocycles. The molecule has 26 heavy (non-hydrogen) atoms. The van der Waals surface area contributed by atoms with Crippen molar-refractivity contribution in [1.29, 1.82) is 0 Å². The van der Waals surface area contributed by atoms with Gasteiger partial charge in [-0.15, -0.1) is 15.7 Å². The monoisotopic (exact) mass is 396 g/mol. The predicted molar refractivity (Wildman–Crippen MR) is 95.5 cm³/mol. The van der Waals surface area contributed by atoms with Crippen LogP contribution in [0.2, 0.25) is 0 Å². The molecule has 0 aliphatic carbocycles. The Morgan fingerprint density at radius 3 is 2.81 bits per heavy atom. The summed E-state index contributed by atoms with van der Waals surface area (Å²) in [7, 11) is -3.60. The van der Waals surface area contributed by atoms with E-state index in [9.17, 15) is 18.0 Å². The number of hydrogen-bond donors (Lipinski definition) is 2. The second-order valence-electron chi connectivity index (χ2n) is 5.78. The van der Waals surface area contributed by atoms with Crippen molar-refractivity contribution in [3.05, 3.63) is 39.5 Å². The Hall–Kier alpha value is -2.53. The maximum absolute atomic E-state index is 12.6. The van der Waals surface area contributed by atoms with Gasteiger partial charge in [-0.05, 0) is 26.0 Å². The molecule has 0 saturated heterocycles. The van der Waals surface area contributed by atoms with Crippen LogP contribution in [0.4, 0.5) is 0 Å². The van der Waals surface area contributed by atoms with E-state index in [0.29, 0.717) is 10.7 Å². The van der Waals surface area contributed by atoms with Crippen molar-refractivity contribution in [2.75, 3.05) is 12.3 Å². The molecule has 1 aromatic rings. The Balaban J connectivity index is 1.82. The Morgan fingerprint density at radius 1 is 1.42 bits per heavy atom. The summed E-state index contributed by atoms with van der Waals surface area (Å²) in [4.78, 5) is 29.7. The minimum Gasteiger partial charge on any atom is -0.477 e. The van der Waals surface area contributed by atoms with Crippen LogP contribution < -0.4 is 5.32 Å². The topological polar surface area (TPSA) is 129 Å². The molecule has 0 aromatic carbocycles. The molecule has 0 saturated carbocycles. The van der Waals surface area contributed by atoms with Crippen LogP contribution in [0.3, 0.4) is 0 Å². The molecule has 0 radical (unpaired) electrons. The fourth-order valence-corrected chi connectivity index (χ4v) is 4.42. The third kappa shape index (κ3) is 3.53. The number of aryl methyl sites for hydroxylation is 1. The Bertz CT molecular complexity index is 974. The van der Waals surface area contributed by atoms with Gasteiger partial charge in [0.1, 0.15) is 9.88 Å². The lowest BCUT2D eigenvalue weighted by Crippen LogP contribution is -2.42. The summed E-state index contributed by atoms with van der Waals surface area (Å²) in [5, 5.41) is 12.3. The van der Waals surface area contributed by atoms with E-state index in [1.807, 2.05) is 0 Å². The van der Waals surface area contributed by atoms with Gasteiger partial charge >= 0.3 is 5.97 Å². The van der Waals surface area contributed by atoms with Gasteiger partial charge in [-0.1, -0.05) is 0 Å². The number of nitrogens with zero attached hydrogens (tertiary/aromatic N) is 3. The first-order chi connectivity index (χ1) is 12.2. The molecule has 9 nitrogen and oxygen atoms in total. The van der Waals surface area contributed by atoms with Gasteiger partial charge in [-0.25, -0.2) is 18.2 Å². The second kappa shape index (κ2) is 6.65. The van der Waals surface area contributed by atoms with E-state index in [4.69, 9.17) is 5.11 Å². The number of amides is 1. The molecule has 0 bridgehead atoms. The predicted octanol–water partition coefficient (Wildman–Crippen LogP) is 0.825. The van der Waals surface area contributed by atoms with Crippen LogP contribution in [-0.4, -0.2) is 53.4 Å². The summed E-state index contributed by atoms with van der Waals surface area (Å²) < 4.78 is 27.2. The van der Waals surface area contributed by atoms with Crippen LogP contribution in [0.1, 0.15) is 33.3 Å². The summed E-state index contributed by atoms with van der Waals surface area (Å²) in [6.45, 7) is 3.50. The highest BCUT2D eigenvalue weighted by atomic mass is 32.2. The van der Waals surface area contributed by atoms with Crippen molar-refractivity contribution in [3.63, 3.8) is 0 Å². The van der Waals surface area contributed by atoms with E-state index in [1.165, 1.54) is 6.08 Å². The van der Waals surface area contributed by atoms with E-state index in [1.54, 1.807) is 31.0 Å². The van der Waals surface area contributed by atoms with E-state index in [-0.39, 0.29) is 28.6 Å². The Kier molecular flexibility index (Phi) is 4.67. The van der Waals surface area contributed by atoms with Crippen LogP contribution in [0.25, 0.3) is 0 Å². The van der Waals surface area contributed by atoms with Gasteiger partial charge < -0.3 is 15.3 Å². The largest absolute Gasteiger partial charge is 0.477 e. The number of amidine groups is 1. The first-order valence-electron chi connectivity index (χ1n) is 7.67. The van der Waals surface area contributed by atoms with Crippen LogP contribution in [0.15, 0.2) is 28.3 Å². The van der Waals surface area contributed by atoms with E-state index < -0.39 is 27.9 Å². The Labute approximate surface area is 153 Å². The van der Waals surface area contributed by atoms with Crippen molar-refractivity contribution < 1.29 is 23.1 Å². The molecule has 1 unspecified atom stereocenters. The number of allylic oxidation sites excluding steroid dienone is 2. The number of carbonyl (C=O) groups excluding carboxylic acids is 1. The molecule has 2 N–H and O–H groups in total. The fraction of sp³-hybridized carbons (Fsp3) is 0.333. The highest BCUT2D eigenvalue weighted by molar-refractivity contribution is 7.90. The lowest BCUT2D eigenvalue weighted by molar-refractivity contribution is -0.117. The first kappa shape index (κ1) is 18.3. The standard InChI is InChI=1S/C15H16N4O5S2/c1-8-11(15(21)22)25-14(17-8)9(2)16-13(20)10-4-3-5-19-6-7-26(23,24)18-12(10)19/h3-5,9H,6-7H2,1-2H3,(H,16,20)(H,21,22). The number of thiazole rings is 1. The summed E-state index contributed by atoms with van der Waals surface area (Å²) in [6.07, 6.45) is 4.80. The van der Waals surface area contributed by atoms with Crippen LogP contribution in [-0.2, 0) is 14.8 Å². The number of aromatic nitrogens is 1. The maximum atomic E-state index is 12.6. The minimum atomic E-state index is -3.60. The van der Waals surface area contributed by atoms with Gasteiger partial charge in [0.25, 0.3) is 15.9 Å². The molecule has 1 amide bonds. The molecule has 1 atom stereocenters. The number of carboxylic acid groups (broad SMARTS) is 1. The molecule has 138 valence electrons. The third-order valence-electron chi connectivity index (χ3n) is 3.83. The number of nitrogens with one attached hydrogen (secondary N) is 1. The van der Waals surface area contributed by atoms with Gasteiger partial charge in [0.15, 0.2) is 5.84 Å². The number of aromatic carboxylic acids is 1. The van der Waals surface area contributed by atoms with E-state index in [0.717, 1.165) is 11.3 Å². The fourth-order valence-electron chi connectivity index (χ4n) is 2.53. The quantitative estimate of drug-likeness (QED) is 0.771. The molecule has 0 fully saturated rings. The normalized spacial score (nSPS) is 19.2. The molecular weight excluding hydrogens is 380 g/mol. The molecule has 11 heteroatoms. The molecule has 1 aromatic heterocycles. The molecule has 3 rings (SSSR count). The molecule has 2 aliphatic rings. The van der Waals surface area contributed by atoms with Gasteiger partial charge in [0.05, 0.1) is 23.1 Å². The number of carboxylic acids is 1. The lowest BCUT2D eigenvalue weighted by atomic mass is 10.1. The summed E-state index contributed by atoms with van der Waals surface area (Å²) >= 11 is 0.992. The Morgan fingerprint density at radius 2 is 2.15 bits per heavy atom. The maximum Gasteiger partial charge on any atom is 0.347 e. The van der Waals surface area contributed by atoms with Gasteiger partial charge in [0.2, 0.25) is 0 Å². The van der Waals surface area contributed by atoms with Crippen molar-refractivity contribution in [2.45, 2.75) is 19.9 Å². The molecule has 3 heterocycles. The zero-order chi connectivity index (χ0) is 19.1. The van der Waals surface area contributed by atoms with Crippen LogP contribution in [0, 0.1) is 6.92 Å². The van der Waals surface area contributed by atoms with Crippen molar-refractivity contribution in [2.24, 2.45) is 4.40 Å². The summed E-state index contributed by atoms with van der Waals surface area (Å²) in [5.41, 5.74) is 0.515. The van der Waals surface area contributed by atoms with Gasteiger partial charge in [0, 0.05) is 12.7 Å². The SMILES string of the molecule is Cc1nc(C(C)NC(=O)C2=CC=CN3CCS(=O)(=O)N=C23)sc1C(=O)O. The second-order valence-corrected chi connectivity index (χ2v) is 8.57. The number of carbonyl (C=O) groups is 2. The number of fused-ring (bicyclic) bond motifs is 1. The van der Waals surface area contributed by atoms with Crippen LogP contribution >= 0.6 is 11.3 Å². The van der Waals surface area contributed by atoms with Crippen molar-refractivity contribution >= 4 is 39.1 Å². The highest BCUT2D eigenvalue weighted by Crippen LogP contribution is 2.24. The summed E-state index contributed by atoms with van der Waals surface area (Å²) in [6, 6.07) is -0.541. The lowest BCUT2D eigenvalue weighted by Gasteiger charge is -2.29. The van der Waals surface area contributed by atoms with Gasteiger partial charge in [-0.2, -0.15) is 0 Å². The van der Waals surface area contributed by atoms with E-state index in [2.05, 4.69) is 14.7 Å². The van der Waals surface area contributed by atoms with Crippen molar-refractivity contribution in [1.82, 2.24) is 15.2 Å². The van der Waals surface area contributed by atoms with Crippen molar-refractivity contribution in [3.8, 4) is 0 Å². The first-order valence-corrected chi connectivity index (χ1v) is 10.1. The molecular formula is C15H16N4O5S2. The highest BCUT2D eigenvalue weighted by Gasteiger charge is 2.31. The number of rotatable bonds is 4. The average Bonchev–Trinajstić information content (AvgIpc) is 2.95. The zero-order valence-electron chi connectivity index (χ0n) is 14.0. The zero-order valence-corrected chi connectivity index (χ0v) is 15.6. The summed E-state index contributed by atoms with van der Waals surface area (Å²) in [5.74, 6) is -1.59. The minimum absolute atomic E-state index is 0.0880. The third-order valence-corrected chi connectivity index (χ3v) is 6.31. The molecule has 0 spiro atoms. The van der Waals surface area contributed by atoms with E-state index >= 15 is 0 Å². The van der Waals surface area contributed by atoms with Crippen LogP contribution in [0.5, 0.6) is 0 Å². The smallest absolute Gasteiger partial charge is 0.347 e.